The first-order valence-corrected chi connectivity index (χ1v) is 11.5. The number of hydrogen-bond acceptors (Lipinski definition) is 0. The van der Waals surface area contributed by atoms with E-state index in [0.717, 1.165) is 0 Å². The van der Waals surface area contributed by atoms with Crippen molar-refractivity contribution in [1.29, 1.82) is 0 Å². The van der Waals surface area contributed by atoms with Crippen molar-refractivity contribution < 1.29 is 0 Å². The second-order valence-electron chi connectivity index (χ2n) is 4.44. The molecule has 0 saturated heterocycles. The van der Waals surface area contributed by atoms with Crippen molar-refractivity contribution in [3.63, 3.8) is 0 Å². The molecule has 1 aromatic carbocycles. The molecule has 0 amide bonds. The van der Waals surface area contributed by atoms with Crippen molar-refractivity contribution >= 4 is 26.7 Å². The second kappa shape index (κ2) is 4.72. The van der Waals surface area contributed by atoms with Crippen LogP contribution in [0.2, 0.25) is 9.50 Å². The predicted octanol–water partition coefficient (Wildman–Crippen LogP) is 3.90. The van der Waals surface area contributed by atoms with Crippen LogP contribution in [0.3, 0.4) is 0 Å². The third-order valence-corrected chi connectivity index (χ3v) is 18.2. The van der Waals surface area contributed by atoms with E-state index < -0.39 is 12.3 Å². The third kappa shape index (κ3) is 2.17. The van der Waals surface area contributed by atoms with E-state index in [1.807, 2.05) is 0 Å². The summed E-state index contributed by atoms with van der Waals surface area (Å²) in [5.74, 6) is 0. The molecule has 78 valence electrons. The van der Waals surface area contributed by atoms with Crippen LogP contribution in [-0.2, 0) is 0 Å². The zero-order valence-electron chi connectivity index (χ0n) is 9.42. The van der Waals surface area contributed by atoms with Crippen molar-refractivity contribution in [3.8, 4) is 0 Å². The monoisotopic (exact) mass is 272 g/mol. The molecule has 0 unspecified atom stereocenters. The Hall–Kier alpha value is 0.0529. The van der Waals surface area contributed by atoms with Crippen LogP contribution in [0.25, 0.3) is 0 Å². The number of rotatable bonds is 3. The molecule has 0 nitrogen and oxygen atoms in total. The molecule has 0 N–H and O–H groups in total. The van der Waals surface area contributed by atoms with Gasteiger partial charge < -0.3 is 0 Å². The summed E-state index contributed by atoms with van der Waals surface area (Å²) in [6, 6.07) is 10.7. The maximum absolute atomic E-state index is 6.92. The first-order chi connectivity index (χ1) is 6.49. The van der Waals surface area contributed by atoms with Gasteiger partial charge in [0.25, 0.3) is 0 Å². The van der Waals surface area contributed by atoms with Gasteiger partial charge in [-0.1, -0.05) is 0 Å². The maximum atomic E-state index is 6.92. The molecule has 0 aliphatic carbocycles. The third-order valence-electron chi connectivity index (χ3n) is 2.90. The van der Waals surface area contributed by atoms with Crippen LogP contribution in [0.1, 0.15) is 27.7 Å². The molecule has 0 saturated carbocycles. The quantitative estimate of drug-likeness (QED) is 0.731. The summed E-state index contributed by atoms with van der Waals surface area (Å²) in [5.41, 5.74) is 0. The molecule has 1 rings (SSSR count). The van der Waals surface area contributed by atoms with E-state index in [1.165, 1.54) is 4.40 Å². The van der Waals surface area contributed by atoms with E-state index in [0.29, 0.717) is 9.50 Å². The summed E-state index contributed by atoms with van der Waals surface area (Å²) in [6.45, 7) is 9.06. The van der Waals surface area contributed by atoms with E-state index >= 15 is 0 Å². The van der Waals surface area contributed by atoms with Gasteiger partial charge in [0.05, 0.1) is 0 Å². The van der Waals surface area contributed by atoms with Crippen LogP contribution in [0.4, 0.5) is 0 Å². The molecule has 0 radical (unpaired) electrons. The topological polar surface area (TPSA) is 0 Å². The summed E-state index contributed by atoms with van der Waals surface area (Å²) in [6.07, 6.45) is 0. The van der Waals surface area contributed by atoms with Gasteiger partial charge in [0.15, 0.2) is 0 Å². The van der Waals surface area contributed by atoms with E-state index in [-0.39, 0.29) is 0 Å². The SMILES string of the molecule is C[CH](C)[Ge]([Cl])([c]1ccccc1)[CH](C)C. The summed E-state index contributed by atoms with van der Waals surface area (Å²) in [4.78, 5) is 0. The van der Waals surface area contributed by atoms with Crippen LogP contribution in [0, 0.1) is 0 Å². The molecular formula is C12H19ClGe. The molecule has 1 aromatic rings. The molecule has 0 aliphatic rings. The zero-order valence-corrected chi connectivity index (χ0v) is 12.3. The normalized spacial score (nSPS) is 12.5. The van der Waals surface area contributed by atoms with Crippen LogP contribution in [0.15, 0.2) is 30.3 Å². The zero-order chi connectivity index (χ0) is 10.8. The summed E-state index contributed by atoms with van der Waals surface area (Å²) in [5, 5.41) is 0. The Kier molecular flexibility index (Phi) is 4.08. The van der Waals surface area contributed by atoms with Gasteiger partial charge in [-0.3, -0.25) is 0 Å². The van der Waals surface area contributed by atoms with E-state index in [4.69, 9.17) is 10.0 Å². The van der Waals surface area contributed by atoms with E-state index in [2.05, 4.69) is 58.0 Å². The fourth-order valence-electron chi connectivity index (χ4n) is 2.03. The van der Waals surface area contributed by atoms with Crippen molar-refractivity contribution in [2.24, 2.45) is 0 Å². The van der Waals surface area contributed by atoms with Gasteiger partial charge in [0.1, 0.15) is 0 Å². The van der Waals surface area contributed by atoms with E-state index in [1.54, 1.807) is 0 Å². The first kappa shape index (κ1) is 12.1. The molecule has 0 fully saturated rings. The van der Waals surface area contributed by atoms with Gasteiger partial charge >= 0.3 is 94.3 Å². The van der Waals surface area contributed by atoms with Gasteiger partial charge in [-0.05, 0) is 0 Å². The van der Waals surface area contributed by atoms with Gasteiger partial charge in [-0.15, -0.1) is 0 Å². The van der Waals surface area contributed by atoms with Gasteiger partial charge in [-0.25, -0.2) is 0 Å². The van der Waals surface area contributed by atoms with Crippen LogP contribution in [0.5, 0.6) is 0 Å². The molecular weight excluding hydrogens is 252 g/mol. The molecule has 0 aromatic heterocycles. The Balaban J connectivity index is 3.13. The fourth-order valence-corrected chi connectivity index (χ4v) is 9.75. The van der Waals surface area contributed by atoms with Crippen LogP contribution < -0.4 is 4.40 Å². The summed E-state index contributed by atoms with van der Waals surface area (Å²) < 4.78 is 2.66. The van der Waals surface area contributed by atoms with Crippen molar-refractivity contribution in [2.75, 3.05) is 0 Å². The Morgan fingerprint density at radius 2 is 1.36 bits per heavy atom. The van der Waals surface area contributed by atoms with Crippen molar-refractivity contribution in [1.82, 2.24) is 0 Å². The minimum absolute atomic E-state index is 0.624. The number of benzene rings is 1. The van der Waals surface area contributed by atoms with Gasteiger partial charge in [0.2, 0.25) is 0 Å². The molecule has 0 aliphatic heterocycles. The molecule has 0 heterocycles. The number of hydrogen-bond donors (Lipinski definition) is 0. The molecule has 0 atom stereocenters. The van der Waals surface area contributed by atoms with Crippen molar-refractivity contribution in [3.05, 3.63) is 30.3 Å². The number of halogens is 1. The van der Waals surface area contributed by atoms with E-state index in [9.17, 15) is 0 Å². The molecule has 14 heavy (non-hydrogen) atoms. The molecule has 2 heteroatoms. The first-order valence-electron chi connectivity index (χ1n) is 5.24. The molecule has 0 bridgehead atoms. The average Bonchev–Trinajstić information content (AvgIpc) is 2.17. The Morgan fingerprint density at radius 3 is 1.71 bits per heavy atom. The average molecular weight is 271 g/mol. The fraction of sp³-hybridized carbons (Fsp3) is 0.500. The Morgan fingerprint density at radius 1 is 0.929 bits per heavy atom. The minimum atomic E-state index is -2.36. The van der Waals surface area contributed by atoms with Crippen molar-refractivity contribution in [2.45, 2.75) is 37.2 Å². The summed E-state index contributed by atoms with van der Waals surface area (Å²) in [7, 11) is 6.92. The van der Waals surface area contributed by atoms with Gasteiger partial charge in [-0.2, -0.15) is 0 Å². The standard InChI is InChI=1S/C12H19ClGe/c1-10(2)14(13,11(3)4)12-8-6-5-7-9-12/h5-11H,1-4H3. The Labute approximate surface area is 94.2 Å². The molecule has 0 spiro atoms. The van der Waals surface area contributed by atoms with Crippen LogP contribution in [-0.4, -0.2) is 12.3 Å². The summed E-state index contributed by atoms with van der Waals surface area (Å²) >= 11 is -2.36. The van der Waals surface area contributed by atoms with Crippen LogP contribution >= 0.6 is 10.0 Å². The predicted molar refractivity (Wildman–Crippen MR) is 67.9 cm³/mol. The Bertz CT molecular complexity index is 272. The van der Waals surface area contributed by atoms with Gasteiger partial charge in [0, 0.05) is 0 Å². The second-order valence-corrected chi connectivity index (χ2v) is 17.0.